The van der Waals surface area contributed by atoms with Crippen LogP contribution in [0.2, 0.25) is 0 Å². The highest BCUT2D eigenvalue weighted by molar-refractivity contribution is 5.94. The van der Waals surface area contributed by atoms with E-state index in [0.29, 0.717) is 40.4 Å². The van der Waals surface area contributed by atoms with Crippen LogP contribution in [-0.2, 0) is 6.18 Å². The van der Waals surface area contributed by atoms with Crippen LogP contribution in [0.15, 0.2) is 54.6 Å². The third-order valence-electron chi connectivity index (χ3n) is 6.12. The van der Waals surface area contributed by atoms with Crippen LogP contribution in [-0.4, -0.2) is 30.6 Å². The summed E-state index contributed by atoms with van der Waals surface area (Å²) in [7, 11) is 1.58. The molecule has 4 rings (SSSR count). The van der Waals surface area contributed by atoms with Crippen molar-refractivity contribution in [3.05, 3.63) is 65.9 Å². The number of hydrogen-bond acceptors (Lipinski definition) is 4. The topological polar surface area (TPSA) is 63.2 Å². The number of alkyl halides is 3. The van der Waals surface area contributed by atoms with Gasteiger partial charge in [-0.05, 0) is 68.0 Å². The molecule has 0 radical (unpaired) electrons. The van der Waals surface area contributed by atoms with Crippen molar-refractivity contribution in [2.24, 2.45) is 5.92 Å². The van der Waals surface area contributed by atoms with Crippen LogP contribution in [0.5, 0.6) is 5.75 Å². The Balaban J connectivity index is 1.33. The lowest BCUT2D eigenvalue weighted by molar-refractivity contribution is -0.140. The average molecular weight is 457 g/mol. The van der Waals surface area contributed by atoms with E-state index in [-0.39, 0.29) is 11.9 Å². The molecular weight excluding hydrogens is 431 g/mol. The Kier molecular flexibility index (Phi) is 6.72. The number of ether oxygens (including phenoxy) is 1. The number of fused-ring (bicyclic) bond motifs is 1. The molecular formula is C25H26F3N3O2. The minimum absolute atomic E-state index is 0.0921. The normalized spacial score (nSPS) is 18.7. The molecule has 0 saturated heterocycles. The minimum atomic E-state index is -4.50. The number of amides is 1. The first-order chi connectivity index (χ1) is 15.8. The van der Waals surface area contributed by atoms with Crippen molar-refractivity contribution >= 4 is 22.5 Å². The van der Waals surface area contributed by atoms with Crippen molar-refractivity contribution in [3.8, 4) is 5.75 Å². The average Bonchev–Trinajstić information content (AvgIpc) is 2.82. The van der Waals surface area contributed by atoms with Crippen molar-refractivity contribution in [1.82, 2.24) is 10.3 Å². The SMILES string of the molecule is COc1ccc(C(=O)NC2CCC(CNc3cc(C(F)(F)F)nc4ccccc34)CC2)cc1. The molecule has 33 heavy (non-hydrogen) atoms. The maximum atomic E-state index is 13.3. The molecule has 2 aromatic carbocycles. The largest absolute Gasteiger partial charge is 0.497 e. The Morgan fingerprint density at radius 3 is 2.42 bits per heavy atom. The van der Waals surface area contributed by atoms with Crippen LogP contribution in [0.4, 0.5) is 18.9 Å². The molecule has 1 saturated carbocycles. The highest BCUT2D eigenvalue weighted by Crippen LogP contribution is 2.33. The number of halogens is 3. The maximum Gasteiger partial charge on any atom is 0.433 e. The summed E-state index contributed by atoms with van der Waals surface area (Å²) in [6.07, 6.45) is -1.07. The van der Waals surface area contributed by atoms with E-state index in [1.54, 1.807) is 55.6 Å². The summed E-state index contributed by atoms with van der Waals surface area (Å²) in [5, 5.41) is 6.98. The summed E-state index contributed by atoms with van der Waals surface area (Å²) in [5.74, 6) is 0.909. The zero-order valence-electron chi connectivity index (χ0n) is 18.3. The number of pyridine rings is 1. The molecule has 1 fully saturated rings. The van der Waals surface area contributed by atoms with Crippen LogP contribution in [0.25, 0.3) is 10.9 Å². The molecule has 0 bridgehead atoms. The van der Waals surface area contributed by atoms with Crippen molar-refractivity contribution in [2.75, 3.05) is 19.0 Å². The third-order valence-corrected chi connectivity index (χ3v) is 6.12. The lowest BCUT2D eigenvalue weighted by Gasteiger charge is -2.29. The van der Waals surface area contributed by atoms with Gasteiger partial charge in [0.25, 0.3) is 5.91 Å². The van der Waals surface area contributed by atoms with Gasteiger partial charge in [0, 0.05) is 29.2 Å². The lowest BCUT2D eigenvalue weighted by Crippen LogP contribution is -2.38. The van der Waals surface area contributed by atoms with E-state index in [2.05, 4.69) is 15.6 Å². The second-order valence-corrected chi connectivity index (χ2v) is 8.37. The van der Waals surface area contributed by atoms with Gasteiger partial charge in [-0.25, -0.2) is 4.98 Å². The van der Waals surface area contributed by atoms with Crippen molar-refractivity contribution < 1.29 is 22.7 Å². The number of nitrogens with one attached hydrogen (secondary N) is 2. The fraction of sp³-hybridized carbons (Fsp3) is 0.360. The van der Waals surface area contributed by atoms with E-state index in [0.717, 1.165) is 31.7 Å². The van der Waals surface area contributed by atoms with Crippen LogP contribution in [0.3, 0.4) is 0 Å². The van der Waals surface area contributed by atoms with E-state index < -0.39 is 11.9 Å². The van der Waals surface area contributed by atoms with Crippen LogP contribution in [0, 0.1) is 5.92 Å². The molecule has 0 spiro atoms. The second kappa shape index (κ2) is 9.68. The van der Waals surface area contributed by atoms with Crippen molar-refractivity contribution in [2.45, 2.75) is 37.9 Å². The molecule has 1 aliphatic rings. The number of anilines is 1. The van der Waals surface area contributed by atoms with Gasteiger partial charge in [-0.1, -0.05) is 18.2 Å². The third kappa shape index (κ3) is 5.56. The first-order valence-corrected chi connectivity index (χ1v) is 11.0. The zero-order valence-corrected chi connectivity index (χ0v) is 18.3. The molecule has 0 unspecified atom stereocenters. The van der Waals surface area contributed by atoms with E-state index >= 15 is 0 Å². The highest BCUT2D eigenvalue weighted by atomic mass is 19.4. The summed E-state index contributed by atoms with van der Waals surface area (Å²) in [6.45, 7) is 0.574. The number of nitrogens with zero attached hydrogens (tertiary/aromatic N) is 1. The summed E-state index contributed by atoms with van der Waals surface area (Å²) < 4.78 is 44.9. The van der Waals surface area contributed by atoms with Crippen LogP contribution < -0.4 is 15.4 Å². The Hall–Kier alpha value is -3.29. The molecule has 3 aromatic rings. The Labute approximate surface area is 190 Å². The number of para-hydroxylation sites is 1. The van der Waals surface area contributed by atoms with E-state index in [1.165, 1.54) is 0 Å². The van der Waals surface area contributed by atoms with Gasteiger partial charge in [0.1, 0.15) is 11.4 Å². The quantitative estimate of drug-likeness (QED) is 0.501. The van der Waals surface area contributed by atoms with Gasteiger partial charge in [-0.2, -0.15) is 13.2 Å². The first kappa shape index (κ1) is 22.9. The number of carbonyl (C=O) groups excluding carboxylic acids is 1. The van der Waals surface area contributed by atoms with Gasteiger partial charge >= 0.3 is 6.18 Å². The number of rotatable bonds is 6. The molecule has 0 aliphatic heterocycles. The molecule has 0 atom stereocenters. The summed E-state index contributed by atoms with van der Waals surface area (Å²) >= 11 is 0. The standard InChI is InChI=1S/C25H26F3N3O2/c1-33-19-12-8-17(9-13-19)24(32)30-18-10-6-16(7-11-18)15-29-22-14-23(25(26,27)28)31-21-5-3-2-4-20(21)22/h2-5,8-9,12-14,16,18H,6-7,10-11,15H2,1H3,(H,29,31)(H,30,32). The fourth-order valence-electron chi connectivity index (χ4n) is 4.24. The summed E-state index contributed by atoms with van der Waals surface area (Å²) in [5.41, 5.74) is 0.459. The number of carbonyl (C=O) groups is 1. The van der Waals surface area contributed by atoms with E-state index in [9.17, 15) is 18.0 Å². The predicted octanol–water partition coefficient (Wildman–Crippen LogP) is 5.66. The van der Waals surface area contributed by atoms with Crippen LogP contribution in [0.1, 0.15) is 41.7 Å². The fourth-order valence-corrected chi connectivity index (χ4v) is 4.24. The molecule has 1 aliphatic carbocycles. The molecule has 174 valence electrons. The van der Waals surface area contributed by atoms with Crippen LogP contribution >= 0.6 is 0 Å². The lowest BCUT2D eigenvalue weighted by atomic mass is 9.85. The van der Waals surface area contributed by atoms with Gasteiger partial charge in [-0.15, -0.1) is 0 Å². The van der Waals surface area contributed by atoms with E-state index in [1.807, 2.05) is 0 Å². The molecule has 1 amide bonds. The van der Waals surface area contributed by atoms with Gasteiger partial charge in [0.05, 0.1) is 12.6 Å². The van der Waals surface area contributed by atoms with Gasteiger partial charge in [-0.3, -0.25) is 4.79 Å². The molecule has 8 heteroatoms. The van der Waals surface area contributed by atoms with Gasteiger partial charge < -0.3 is 15.4 Å². The predicted molar refractivity (Wildman–Crippen MR) is 121 cm³/mol. The highest BCUT2D eigenvalue weighted by Gasteiger charge is 2.33. The molecule has 2 N–H and O–H groups in total. The molecule has 5 nitrogen and oxygen atoms in total. The number of aromatic nitrogens is 1. The van der Waals surface area contributed by atoms with Crippen molar-refractivity contribution in [1.29, 1.82) is 0 Å². The maximum absolute atomic E-state index is 13.3. The number of benzene rings is 2. The van der Waals surface area contributed by atoms with Crippen molar-refractivity contribution in [3.63, 3.8) is 0 Å². The Bertz CT molecular complexity index is 1110. The minimum Gasteiger partial charge on any atom is -0.497 e. The molecule has 1 aromatic heterocycles. The Morgan fingerprint density at radius 2 is 1.76 bits per heavy atom. The van der Waals surface area contributed by atoms with Gasteiger partial charge in [0.2, 0.25) is 0 Å². The molecule has 1 heterocycles. The zero-order chi connectivity index (χ0) is 23.4. The summed E-state index contributed by atoms with van der Waals surface area (Å²) in [4.78, 5) is 16.2. The number of hydrogen-bond donors (Lipinski definition) is 2. The van der Waals surface area contributed by atoms with E-state index in [4.69, 9.17) is 4.74 Å². The summed E-state index contributed by atoms with van der Waals surface area (Å²) in [6, 6.07) is 15.0. The smallest absolute Gasteiger partial charge is 0.433 e. The van der Waals surface area contributed by atoms with Gasteiger partial charge in [0.15, 0.2) is 0 Å². The Morgan fingerprint density at radius 1 is 1.06 bits per heavy atom. The second-order valence-electron chi connectivity index (χ2n) is 8.37. The monoisotopic (exact) mass is 457 g/mol. The first-order valence-electron chi connectivity index (χ1n) is 11.0. The number of methoxy groups -OCH3 is 1.